The number of rotatable bonds is 7. The van der Waals surface area contributed by atoms with Gasteiger partial charge in [-0.05, 0) is 24.6 Å². The summed E-state index contributed by atoms with van der Waals surface area (Å²) in [5.41, 5.74) is 2.91. The molecule has 1 aliphatic heterocycles. The molecule has 0 saturated carbocycles. The third-order valence-electron chi connectivity index (χ3n) is 4.95. The van der Waals surface area contributed by atoms with Gasteiger partial charge in [0.25, 0.3) is 0 Å². The Balaban J connectivity index is 1.53. The quantitative estimate of drug-likeness (QED) is 0.367. The second kappa shape index (κ2) is 8.23. The lowest BCUT2D eigenvalue weighted by Gasteiger charge is -2.14. The maximum absolute atomic E-state index is 9.90. The summed E-state index contributed by atoms with van der Waals surface area (Å²) in [7, 11) is 3.53. The number of aromatic nitrogens is 6. The number of nitrogens with one attached hydrogen (secondary N) is 2. The molecule has 1 unspecified atom stereocenters. The van der Waals surface area contributed by atoms with E-state index in [-0.39, 0.29) is 6.10 Å². The Hall–Kier alpha value is -3.06. The lowest BCUT2D eigenvalue weighted by atomic mass is 10.3. The summed E-state index contributed by atoms with van der Waals surface area (Å²) < 4.78 is 19.6. The maximum Gasteiger partial charge on any atom is 0.244 e. The molecule has 0 spiro atoms. The van der Waals surface area contributed by atoms with Crippen molar-refractivity contribution in [3.63, 3.8) is 0 Å². The van der Waals surface area contributed by atoms with Crippen LogP contribution < -0.4 is 15.4 Å². The Kier molecular flexibility index (Phi) is 5.28. The summed E-state index contributed by atoms with van der Waals surface area (Å²) in [4.78, 5) is 9.30. The van der Waals surface area contributed by atoms with Gasteiger partial charge >= 0.3 is 0 Å². The van der Waals surface area contributed by atoms with Crippen LogP contribution in [0.3, 0.4) is 0 Å². The molecule has 31 heavy (non-hydrogen) atoms. The van der Waals surface area contributed by atoms with Crippen molar-refractivity contribution in [3.8, 4) is 11.6 Å². The molecule has 5 rings (SSSR count). The minimum Gasteiger partial charge on any atom is -0.470 e. The van der Waals surface area contributed by atoms with Gasteiger partial charge in [0.2, 0.25) is 11.8 Å². The maximum atomic E-state index is 9.90. The summed E-state index contributed by atoms with van der Waals surface area (Å²) in [6.45, 7) is 1.20. The van der Waals surface area contributed by atoms with Crippen LogP contribution in [0.1, 0.15) is 18.3 Å². The van der Waals surface area contributed by atoms with E-state index in [1.807, 2.05) is 30.1 Å². The lowest BCUT2D eigenvalue weighted by molar-refractivity contribution is 0.139. The van der Waals surface area contributed by atoms with E-state index in [4.69, 9.17) is 9.47 Å². The first-order valence-corrected chi connectivity index (χ1v) is 10.6. The summed E-state index contributed by atoms with van der Waals surface area (Å²) in [5, 5.41) is 20.8. The molecule has 11 nitrogen and oxygen atoms in total. The summed E-state index contributed by atoms with van der Waals surface area (Å²) in [6, 6.07) is 3.67. The fourth-order valence-corrected chi connectivity index (χ4v) is 4.06. The van der Waals surface area contributed by atoms with E-state index in [9.17, 15) is 5.11 Å². The normalized spacial score (nSPS) is 17.3. The van der Waals surface area contributed by atoms with E-state index < -0.39 is 6.23 Å². The second-order valence-electron chi connectivity index (χ2n) is 7.18. The lowest BCUT2D eigenvalue weighted by Crippen LogP contribution is -2.17. The highest BCUT2D eigenvalue weighted by atomic mass is 32.1. The Morgan fingerprint density at radius 3 is 3.03 bits per heavy atom. The highest BCUT2D eigenvalue weighted by Crippen LogP contribution is 2.31. The minimum atomic E-state index is -0.829. The molecule has 0 aromatic carbocycles. The van der Waals surface area contributed by atoms with Gasteiger partial charge in [0.1, 0.15) is 22.8 Å². The first kappa shape index (κ1) is 19.9. The van der Waals surface area contributed by atoms with Crippen molar-refractivity contribution in [1.82, 2.24) is 34.0 Å². The molecule has 162 valence electrons. The number of aryl methyl sites for hydroxylation is 1. The number of nitrogens with zero attached hydrogens (tertiary/aromatic N) is 6. The zero-order valence-electron chi connectivity index (χ0n) is 17.0. The van der Waals surface area contributed by atoms with E-state index >= 15 is 0 Å². The van der Waals surface area contributed by atoms with Crippen molar-refractivity contribution in [2.45, 2.75) is 18.8 Å². The van der Waals surface area contributed by atoms with Gasteiger partial charge in [-0.1, -0.05) is 0 Å². The minimum absolute atomic E-state index is 0.0658. The van der Waals surface area contributed by atoms with Crippen LogP contribution in [0.4, 0.5) is 10.9 Å². The van der Waals surface area contributed by atoms with Crippen LogP contribution in [-0.4, -0.2) is 60.2 Å². The van der Waals surface area contributed by atoms with E-state index in [1.165, 1.54) is 11.5 Å². The molecular weight excluding hydrogens is 420 g/mol. The van der Waals surface area contributed by atoms with Gasteiger partial charge in [-0.3, -0.25) is 10.00 Å². The fourth-order valence-electron chi connectivity index (χ4n) is 3.40. The Morgan fingerprint density at radius 2 is 2.29 bits per heavy atom. The number of anilines is 2. The molecule has 4 aromatic heterocycles. The number of ether oxygens (including phenoxy) is 2. The fraction of sp³-hybridized carbons (Fsp3) is 0.368. The number of hydrogen-bond acceptors (Lipinski definition) is 10. The molecule has 1 fully saturated rings. The SMILES string of the molecule is CNC(O)c1cc(Nc2nc(O[C@H]3CCOC3)c3c(ccn3-c3cnn(C)c3)n2)sn1. The summed E-state index contributed by atoms with van der Waals surface area (Å²) in [6.07, 6.45) is 5.53. The van der Waals surface area contributed by atoms with Crippen molar-refractivity contribution in [1.29, 1.82) is 0 Å². The largest absolute Gasteiger partial charge is 0.470 e. The molecule has 1 saturated heterocycles. The van der Waals surface area contributed by atoms with Crippen LogP contribution in [0.5, 0.6) is 5.88 Å². The number of aliphatic hydroxyl groups excluding tert-OH is 1. The van der Waals surface area contributed by atoms with Crippen LogP contribution >= 0.6 is 11.5 Å². The first-order valence-electron chi connectivity index (χ1n) is 9.82. The highest BCUT2D eigenvalue weighted by Gasteiger charge is 2.22. The standard InChI is InChI=1S/C19H22N8O3S/c1-20-17(28)14-7-15(31-25-14)23-19-22-13-3-5-27(11-8-21-26(2)9-11)16(13)18(24-19)30-12-4-6-29-10-12/h3,5,7-9,12,17,20,28H,4,6,10H2,1-2H3,(H,22,23,24)/t12-,17?/m0/s1. The van der Waals surface area contributed by atoms with Crippen molar-refractivity contribution >= 4 is 33.5 Å². The van der Waals surface area contributed by atoms with Crippen molar-refractivity contribution < 1.29 is 14.6 Å². The van der Waals surface area contributed by atoms with Gasteiger partial charge in [-0.25, -0.2) is 4.98 Å². The van der Waals surface area contributed by atoms with Gasteiger partial charge in [0.15, 0.2) is 0 Å². The predicted molar refractivity (Wildman–Crippen MR) is 115 cm³/mol. The molecule has 0 amide bonds. The van der Waals surface area contributed by atoms with Gasteiger partial charge in [0, 0.05) is 31.9 Å². The third-order valence-corrected chi connectivity index (χ3v) is 5.67. The van der Waals surface area contributed by atoms with E-state index in [0.717, 1.165) is 23.1 Å². The molecule has 0 radical (unpaired) electrons. The van der Waals surface area contributed by atoms with E-state index in [0.29, 0.717) is 35.7 Å². The number of fused-ring (bicyclic) bond motifs is 1. The molecule has 3 N–H and O–H groups in total. The predicted octanol–water partition coefficient (Wildman–Crippen LogP) is 1.73. The van der Waals surface area contributed by atoms with Crippen molar-refractivity contribution in [3.05, 3.63) is 36.4 Å². The molecule has 0 aliphatic carbocycles. The Morgan fingerprint density at radius 1 is 1.39 bits per heavy atom. The molecule has 4 aromatic rings. The highest BCUT2D eigenvalue weighted by molar-refractivity contribution is 7.10. The molecule has 5 heterocycles. The molecule has 2 atom stereocenters. The number of hydrogen-bond donors (Lipinski definition) is 3. The van der Waals surface area contributed by atoms with Crippen LogP contribution in [0.25, 0.3) is 16.7 Å². The number of aliphatic hydroxyl groups is 1. The molecule has 12 heteroatoms. The van der Waals surface area contributed by atoms with Crippen LogP contribution in [0.15, 0.2) is 30.7 Å². The van der Waals surface area contributed by atoms with E-state index in [1.54, 1.807) is 24.0 Å². The molecule has 0 bridgehead atoms. The van der Waals surface area contributed by atoms with Gasteiger partial charge in [-0.15, -0.1) is 0 Å². The van der Waals surface area contributed by atoms with Crippen LogP contribution in [0, 0.1) is 0 Å². The smallest absolute Gasteiger partial charge is 0.244 e. The van der Waals surface area contributed by atoms with Gasteiger partial charge in [-0.2, -0.15) is 14.5 Å². The van der Waals surface area contributed by atoms with Crippen LogP contribution in [0.2, 0.25) is 0 Å². The Labute approximate surface area is 181 Å². The molecule has 1 aliphatic rings. The van der Waals surface area contributed by atoms with E-state index in [2.05, 4.69) is 30.1 Å². The monoisotopic (exact) mass is 442 g/mol. The zero-order valence-corrected chi connectivity index (χ0v) is 17.8. The average Bonchev–Trinajstić information content (AvgIpc) is 3.54. The van der Waals surface area contributed by atoms with Gasteiger partial charge in [0.05, 0.1) is 36.3 Å². The summed E-state index contributed by atoms with van der Waals surface area (Å²) >= 11 is 1.22. The van der Waals surface area contributed by atoms with Crippen molar-refractivity contribution in [2.24, 2.45) is 7.05 Å². The third kappa shape index (κ3) is 3.97. The topological polar surface area (TPSA) is 124 Å². The first-order chi connectivity index (χ1) is 15.1. The Bertz CT molecular complexity index is 1200. The second-order valence-corrected chi connectivity index (χ2v) is 7.98. The van der Waals surface area contributed by atoms with Crippen molar-refractivity contribution in [2.75, 3.05) is 25.6 Å². The summed E-state index contributed by atoms with van der Waals surface area (Å²) in [5.74, 6) is 0.858. The van der Waals surface area contributed by atoms with Crippen LogP contribution in [-0.2, 0) is 11.8 Å². The zero-order chi connectivity index (χ0) is 21.4. The van der Waals surface area contributed by atoms with Gasteiger partial charge < -0.3 is 24.5 Å². The molecular formula is C19H22N8O3S. The average molecular weight is 443 g/mol.